The summed E-state index contributed by atoms with van der Waals surface area (Å²) in [6, 6.07) is 8.00. The average molecular weight is 289 g/mol. The Bertz CT molecular complexity index is 491. The van der Waals surface area contributed by atoms with E-state index < -0.39 is 0 Å². The van der Waals surface area contributed by atoms with Crippen molar-refractivity contribution in [1.82, 2.24) is 4.90 Å². The lowest BCUT2D eigenvalue weighted by Gasteiger charge is -2.29. The Kier molecular flexibility index (Phi) is 4.15. The van der Waals surface area contributed by atoms with Crippen LogP contribution in [-0.4, -0.2) is 34.6 Å². The first-order valence-corrected chi connectivity index (χ1v) is 7.83. The molecule has 4 heteroatoms. The third kappa shape index (κ3) is 3.56. The summed E-state index contributed by atoms with van der Waals surface area (Å²) in [6.07, 6.45) is 4.77. The Balaban J connectivity index is 1.56. The Morgan fingerprint density at radius 2 is 1.95 bits per heavy atom. The Morgan fingerprint density at radius 1 is 1.29 bits per heavy atom. The van der Waals surface area contributed by atoms with Crippen molar-refractivity contribution in [2.24, 2.45) is 5.92 Å². The number of rotatable bonds is 7. The standard InChI is InChI=1S/C17H23NO3/c1-12(14-4-5-14)18(15-6-7-15)17(20)11-21-16-8-2-13(10-19)3-9-16/h2-3,8-9,12,14-15,19H,4-7,10-11H2,1H3. The van der Waals surface area contributed by atoms with Crippen LogP contribution in [-0.2, 0) is 11.4 Å². The van der Waals surface area contributed by atoms with Gasteiger partial charge in [0.2, 0.25) is 0 Å². The fourth-order valence-corrected chi connectivity index (χ4v) is 2.83. The second kappa shape index (κ2) is 6.06. The van der Waals surface area contributed by atoms with Crippen LogP contribution in [0.4, 0.5) is 0 Å². The van der Waals surface area contributed by atoms with Crippen molar-refractivity contribution in [3.8, 4) is 5.75 Å². The maximum absolute atomic E-state index is 12.5. The average Bonchev–Trinajstić information content (AvgIpc) is 3.38. The SMILES string of the molecule is CC(C1CC1)N(C(=O)COc1ccc(CO)cc1)C1CC1. The number of aliphatic hydroxyl groups is 1. The molecule has 1 amide bonds. The Morgan fingerprint density at radius 3 is 2.48 bits per heavy atom. The zero-order valence-electron chi connectivity index (χ0n) is 12.5. The molecule has 1 atom stereocenters. The van der Waals surface area contributed by atoms with E-state index >= 15 is 0 Å². The molecule has 1 aromatic rings. The van der Waals surface area contributed by atoms with E-state index in [0.717, 1.165) is 18.4 Å². The van der Waals surface area contributed by atoms with E-state index in [1.807, 2.05) is 12.1 Å². The van der Waals surface area contributed by atoms with Crippen LogP contribution < -0.4 is 4.74 Å². The highest BCUT2D eigenvalue weighted by Crippen LogP contribution is 2.39. The van der Waals surface area contributed by atoms with Crippen molar-refractivity contribution >= 4 is 5.91 Å². The van der Waals surface area contributed by atoms with Gasteiger partial charge < -0.3 is 14.7 Å². The number of hydrogen-bond donors (Lipinski definition) is 1. The van der Waals surface area contributed by atoms with Crippen molar-refractivity contribution < 1.29 is 14.6 Å². The monoisotopic (exact) mass is 289 g/mol. The van der Waals surface area contributed by atoms with Crippen LogP contribution in [0.25, 0.3) is 0 Å². The molecule has 0 aromatic heterocycles. The minimum Gasteiger partial charge on any atom is -0.484 e. The number of ether oxygens (including phenoxy) is 1. The van der Waals surface area contributed by atoms with Crippen LogP contribution in [0.3, 0.4) is 0 Å². The quantitative estimate of drug-likeness (QED) is 0.838. The molecule has 2 fully saturated rings. The molecule has 0 spiro atoms. The highest BCUT2D eigenvalue weighted by molar-refractivity contribution is 5.78. The van der Waals surface area contributed by atoms with E-state index in [1.54, 1.807) is 12.1 Å². The van der Waals surface area contributed by atoms with Crippen molar-refractivity contribution in [2.75, 3.05) is 6.61 Å². The van der Waals surface area contributed by atoms with Gasteiger partial charge in [0, 0.05) is 12.1 Å². The van der Waals surface area contributed by atoms with Gasteiger partial charge in [-0.25, -0.2) is 0 Å². The van der Waals surface area contributed by atoms with Gasteiger partial charge in [-0.1, -0.05) is 12.1 Å². The van der Waals surface area contributed by atoms with E-state index in [4.69, 9.17) is 9.84 Å². The Labute approximate surface area is 125 Å². The molecule has 0 aliphatic heterocycles. The van der Waals surface area contributed by atoms with Crippen LogP contribution in [0.1, 0.15) is 38.2 Å². The molecule has 1 unspecified atom stereocenters. The second-order valence-electron chi connectivity index (χ2n) is 6.20. The van der Waals surface area contributed by atoms with Gasteiger partial charge in [-0.15, -0.1) is 0 Å². The molecule has 0 saturated heterocycles. The van der Waals surface area contributed by atoms with Crippen molar-refractivity contribution in [2.45, 2.75) is 51.3 Å². The fourth-order valence-electron chi connectivity index (χ4n) is 2.83. The lowest BCUT2D eigenvalue weighted by molar-refractivity contribution is -0.136. The lowest BCUT2D eigenvalue weighted by Crippen LogP contribution is -2.44. The first-order valence-electron chi connectivity index (χ1n) is 7.83. The van der Waals surface area contributed by atoms with Gasteiger partial charge in [-0.2, -0.15) is 0 Å². The molecule has 2 saturated carbocycles. The molecule has 21 heavy (non-hydrogen) atoms. The molecular formula is C17H23NO3. The topological polar surface area (TPSA) is 49.8 Å². The summed E-state index contributed by atoms with van der Waals surface area (Å²) in [4.78, 5) is 14.5. The van der Waals surface area contributed by atoms with Crippen molar-refractivity contribution in [3.05, 3.63) is 29.8 Å². The predicted molar refractivity (Wildman–Crippen MR) is 79.9 cm³/mol. The third-order valence-electron chi connectivity index (χ3n) is 4.44. The van der Waals surface area contributed by atoms with Crippen molar-refractivity contribution in [1.29, 1.82) is 0 Å². The molecule has 3 rings (SSSR count). The molecule has 1 N–H and O–H groups in total. The van der Waals surface area contributed by atoms with E-state index in [-0.39, 0.29) is 19.1 Å². The summed E-state index contributed by atoms with van der Waals surface area (Å²) >= 11 is 0. The van der Waals surface area contributed by atoms with Gasteiger partial charge in [0.05, 0.1) is 6.61 Å². The minimum atomic E-state index is 0.0214. The molecule has 2 aliphatic rings. The van der Waals surface area contributed by atoms with Gasteiger partial charge in [-0.3, -0.25) is 4.79 Å². The van der Waals surface area contributed by atoms with Crippen LogP contribution in [0.2, 0.25) is 0 Å². The summed E-state index contributed by atoms with van der Waals surface area (Å²) in [5.74, 6) is 1.47. The fraction of sp³-hybridized carbons (Fsp3) is 0.588. The maximum atomic E-state index is 12.5. The molecule has 114 valence electrons. The first-order chi connectivity index (χ1) is 10.2. The zero-order valence-corrected chi connectivity index (χ0v) is 12.5. The zero-order chi connectivity index (χ0) is 14.8. The summed E-state index contributed by atoms with van der Waals surface area (Å²) in [5.41, 5.74) is 0.843. The molecule has 0 heterocycles. The van der Waals surface area contributed by atoms with E-state index in [0.29, 0.717) is 23.8 Å². The lowest BCUT2D eigenvalue weighted by atomic mass is 10.1. The number of carbonyl (C=O) groups excluding carboxylic acids is 1. The number of hydrogen-bond acceptors (Lipinski definition) is 3. The molecule has 2 aliphatic carbocycles. The van der Waals surface area contributed by atoms with E-state index in [2.05, 4.69) is 11.8 Å². The minimum absolute atomic E-state index is 0.0214. The molecular weight excluding hydrogens is 266 g/mol. The summed E-state index contributed by atoms with van der Waals surface area (Å²) in [6.45, 7) is 2.30. The smallest absolute Gasteiger partial charge is 0.261 e. The van der Waals surface area contributed by atoms with Crippen LogP contribution in [0, 0.1) is 5.92 Å². The van der Waals surface area contributed by atoms with Crippen LogP contribution in [0.15, 0.2) is 24.3 Å². The van der Waals surface area contributed by atoms with Gasteiger partial charge in [0.1, 0.15) is 5.75 Å². The first kappa shape index (κ1) is 14.4. The highest BCUT2D eigenvalue weighted by Gasteiger charge is 2.41. The van der Waals surface area contributed by atoms with Gasteiger partial charge in [0.25, 0.3) is 5.91 Å². The number of nitrogens with zero attached hydrogens (tertiary/aromatic N) is 1. The number of amides is 1. The van der Waals surface area contributed by atoms with Crippen LogP contribution in [0.5, 0.6) is 5.75 Å². The largest absolute Gasteiger partial charge is 0.484 e. The molecule has 1 aromatic carbocycles. The van der Waals surface area contributed by atoms with Crippen molar-refractivity contribution in [3.63, 3.8) is 0 Å². The predicted octanol–water partition coefficient (Wildman–Crippen LogP) is 2.35. The van der Waals surface area contributed by atoms with Gasteiger partial charge in [0.15, 0.2) is 6.61 Å². The number of benzene rings is 1. The van der Waals surface area contributed by atoms with Crippen LogP contribution >= 0.6 is 0 Å². The number of aliphatic hydroxyl groups excluding tert-OH is 1. The Hall–Kier alpha value is -1.55. The van der Waals surface area contributed by atoms with Gasteiger partial charge in [-0.05, 0) is 56.2 Å². The summed E-state index contributed by atoms with van der Waals surface area (Å²) in [7, 11) is 0. The number of carbonyl (C=O) groups is 1. The summed E-state index contributed by atoms with van der Waals surface area (Å²) < 4.78 is 5.60. The normalized spacial score (nSPS) is 19.1. The van der Waals surface area contributed by atoms with E-state index in [1.165, 1.54) is 12.8 Å². The van der Waals surface area contributed by atoms with E-state index in [9.17, 15) is 4.79 Å². The molecule has 4 nitrogen and oxygen atoms in total. The second-order valence-corrected chi connectivity index (χ2v) is 6.20. The molecule has 0 radical (unpaired) electrons. The maximum Gasteiger partial charge on any atom is 0.261 e. The molecule has 0 bridgehead atoms. The summed E-state index contributed by atoms with van der Waals surface area (Å²) in [5, 5.41) is 9.00. The van der Waals surface area contributed by atoms with Gasteiger partial charge >= 0.3 is 0 Å². The third-order valence-corrected chi connectivity index (χ3v) is 4.44. The highest BCUT2D eigenvalue weighted by atomic mass is 16.5.